The molecule has 0 amide bonds. The van der Waals surface area contributed by atoms with Crippen LogP contribution >= 0.6 is 0 Å². The first kappa shape index (κ1) is 23.2. The van der Waals surface area contributed by atoms with Crippen LogP contribution in [0.1, 0.15) is 20.3 Å². The molecule has 84 valence electrons. The Morgan fingerprint density at radius 1 is 1.54 bits per heavy atom. The predicted octanol–water partition coefficient (Wildman–Crippen LogP) is 2.14. The first-order valence-electron chi connectivity index (χ1n) is 3.51. The van der Waals surface area contributed by atoms with Gasteiger partial charge in [0, 0.05) is 0 Å². The van der Waals surface area contributed by atoms with Gasteiger partial charge in [-0.2, -0.15) is 13.0 Å². The molecular formula is C8H18AuNO3. The summed E-state index contributed by atoms with van der Waals surface area (Å²) in [5.74, 6) is -0.433. The Morgan fingerprint density at radius 2 is 1.77 bits per heavy atom. The Labute approximate surface area is 96.0 Å². The molecule has 0 atom stereocenters. The van der Waals surface area contributed by atoms with Gasteiger partial charge in [0.25, 0.3) is 5.97 Å². The molecule has 0 saturated heterocycles. The van der Waals surface area contributed by atoms with Crippen LogP contribution in [0.3, 0.4) is 0 Å². The van der Waals surface area contributed by atoms with Gasteiger partial charge >= 0.3 is 22.4 Å². The molecule has 0 aromatic rings. The molecule has 0 rings (SSSR count). The minimum absolute atomic E-state index is 0. The van der Waals surface area contributed by atoms with E-state index < -0.39 is 5.97 Å². The van der Waals surface area contributed by atoms with Crippen molar-refractivity contribution in [2.45, 2.75) is 20.3 Å². The van der Waals surface area contributed by atoms with Gasteiger partial charge in [0.2, 0.25) is 0 Å². The zero-order valence-electron chi connectivity index (χ0n) is 8.17. The quantitative estimate of drug-likeness (QED) is 0.575. The SMILES string of the molecule is C[NH-].O=C(O)C[CH-]O.[Au+3].[CH2-]C(C)C. The largest absolute Gasteiger partial charge is 3.00 e. The van der Waals surface area contributed by atoms with Gasteiger partial charge in [-0.25, -0.2) is 6.61 Å². The van der Waals surface area contributed by atoms with E-state index in [0.29, 0.717) is 12.5 Å². The Balaban J connectivity index is -0.0000000512. The fourth-order valence-electron chi connectivity index (χ4n) is 0.0781. The van der Waals surface area contributed by atoms with E-state index in [1.165, 1.54) is 7.05 Å². The monoisotopic (exact) mass is 373 g/mol. The van der Waals surface area contributed by atoms with Crippen LogP contribution in [-0.2, 0) is 27.2 Å². The number of hydrogen-bond acceptors (Lipinski definition) is 2. The number of nitrogens with one attached hydrogen (secondary N) is 1. The zero-order valence-corrected chi connectivity index (χ0v) is 10.3. The van der Waals surface area contributed by atoms with Crippen molar-refractivity contribution in [3.8, 4) is 0 Å². The van der Waals surface area contributed by atoms with E-state index in [1.54, 1.807) is 0 Å². The van der Waals surface area contributed by atoms with Crippen molar-refractivity contribution in [3.05, 3.63) is 19.3 Å². The van der Waals surface area contributed by atoms with E-state index in [-0.39, 0.29) is 28.8 Å². The van der Waals surface area contributed by atoms with E-state index in [1.807, 2.05) is 0 Å². The molecule has 3 N–H and O–H groups in total. The van der Waals surface area contributed by atoms with Crippen LogP contribution in [0.2, 0.25) is 0 Å². The fraction of sp³-hybridized carbons (Fsp3) is 0.625. The van der Waals surface area contributed by atoms with Gasteiger partial charge in [0.1, 0.15) is 0 Å². The summed E-state index contributed by atoms with van der Waals surface area (Å²) in [6, 6.07) is 0. The van der Waals surface area contributed by atoms with E-state index in [2.05, 4.69) is 20.8 Å². The average Bonchev–Trinajstić information content (AvgIpc) is 1.90. The number of aliphatic hydroxyl groups excluding tert-OH is 1. The van der Waals surface area contributed by atoms with Gasteiger partial charge in [0.05, 0.1) is 0 Å². The van der Waals surface area contributed by atoms with Crippen molar-refractivity contribution >= 4 is 5.97 Å². The Morgan fingerprint density at radius 3 is 1.77 bits per heavy atom. The number of hydrogen-bond donors (Lipinski definition) is 2. The molecule has 13 heavy (non-hydrogen) atoms. The third-order valence-corrected chi connectivity index (χ3v) is 0.266. The number of aliphatic hydroxyl groups is 1. The summed E-state index contributed by atoms with van der Waals surface area (Å²) < 4.78 is 0. The van der Waals surface area contributed by atoms with Crippen molar-refractivity contribution in [1.29, 1.82) is 0 Å². The number of carboxylic acid groups (broad SMARTS) is 1. The van der Waals surface area contributed by atoms with Crippen molar-refractivity contribution in [1.82, 2.24) is 0 Å². The predicted molar refractivity (Wildman–Crippen MR) is 48.9 cm³/mol. The van der Waals surface area contributed by atoms with Crippen molar-refractivity contribution < 1.29 is 37.4 Å². The fourth-order valence-corrected chi connectivity index (χ4v) is 0.0781. The van der Waals surface area contributed by atoms with Crippen LogP contribution in [-0.4, -0.2) is 23.2 Å². The summed E-state index contributed by atoms with van der Waals surface area (Å²) in [6.07, 6.45) is -0.278. The molecule has 0 saturated carbocycles. The standard InChI is InChI=1S/C4H9.C3H5O3.CH4N.Au/c1-4(2)3;4-2-1-3(5)6;1-2;/h4H,1H2,2-3H3;2,4H,1H2,(H,5,6);2H,1H3;/q3*-1;+3. The van der Waals surface area contributed by atoms with Gasteiger partial charge in [-0.15, -0.1) is 0 Å². The summed E-state index contributed by atoms with van der Waals surface area (Å²) in [4.78, 5) is 9.41. The number of carboxylic acids is 1. The summed E-state index contributed by atoms with van der Waals surface area (Å²) in [6.45, 7) is 8.35. The second-order valence-electron chi connectivity index (χ2n) is 2.17. The minimum atomic E-state index is -1.02. The molecular weight excluding hydrogens is 355 g/mol. The van der Waals surface area contributed by atoms with Gasteiger partial charge in [-0.05, 0) is 0 Å². The summed E-state index contributed by atoms with van der Waals surface area (Å²) in [7, 11) is 1.25. The molecule has 0 radical (unpaired) electrons. The molecule has 0 spiro atoms. The summed E-state index contributed by atoms with van der Waals surface area (Å²) in [5.41, 5.74) is 5.75. The second kappa shape index (κ2) is 22.7. The molecule has 0 fully saturated rings. The Bertz CT molecular complexity index is 86.7. The van der Waals surface area contributed by atoms with E-state index in [9.17, 15) is 4.79 Å². The van der Waals surface area contributed by atoms with Crippen LogP contribution in [0.5, 0.6) is 0 Å². The minimum Gasteiger partial charge on any atom is -0.680 e. The second-order valence-corrected chi connectivity index (χ2v) is 2.17. The molecule has 0 bridgehead atoms. The maximum absolute atomic E-state index is 9.41. The number of carbonyl (C=O) groups is 1. The molecule has 0 aliphatic heterocycles. The molecule has 0 aliphatic rings. The molecule has 0 aliphatic carbocycles. The van der Waals surface area contributed by atoms with Crippen LogP contribution in [0.25, 0.3) is 5.73 Å². The summed E-state index contributed by atoms with van der Waals surface area (Å²) in [5, 5.41) is 15.5. The summed E-state index contributed by atoms with van der Waals surface area (Å²) >= 11 is 0. The smallest absolute Gasteiger partial charge is 0.680 e. The number of rotatable bonds is 2. The van der Waals surface area contributed by atoms with E-state index in [4.69, 9.17) is 15.9 Å². The molecule has 0 heterocycles. The van der Waals surface area contributed by atoms with Gasteiger partial charge in [-0.1, -0.05) is 20.3 Å². The van der Waals surface area contributed by atoms with Gasteiger partial charge < -0.3 is 22.9 Å². The van der Waals surface area contributed by atoms with Crippen molar-refractivity contribution in [2.24, 2.45) is 5.92 Å². The van der Waals surface area contributed by atoms with Gasteiger partial charge in [-0.3, -0.25) is 4.79 Å². The normalized spacial score (nSPS) is 7.00. The first-order valence-corrected chi connectivity index (χ1v) is 3.51. The van der Waals surface area contributed by atoms with E-state index >= 15 is 0 Å². The van der Waals surface area contributed by atoms with Crippen LogP contribution in [0.15, 0.2) is 0 Å². The van der Waals surface area contributed by atoms with Gasteiger partial charge in [0.15, 0.2) is 0 Å². The van der Waals surface area contributed by atoms with Crippen LogP contribution < -0.4 is 0 Å². The average molecular weight is 373 g/mol. The van der Waals surface area contributed by atoms with Crippen molar-refractivity contribution in [2.75, 3.05) is 7.05 Å². The third kappa shape index (κ3) is 127. The first-order chi connectivity index (χ1) is 5.50. The topological polar surface area (TPSA) is 81.3 Å². The third-order valence-electron chi connectivity index (χ3n) is 0.266. The molecule has 5 heteroatoms. The van der Waals surface area contributed by atoms with Crippen molar-refractivity contribution in [3.63, 3.8) is 0 Å². The van der Waals surface area contributed by atoms with E-state index in [0.717, 1.165) is 0 Å². The molecule has 4 nitrogen and oxygen atoms in total. The van der Waals surface area contributed by atoms with Crippen LogP contribution in [0.4, 0.5) is 0 Å². The number of aliphatic carboxylic acids is 1. The maximum atomic E-state index is 9.41. The maximum Gasteiger partial charge on any atom is 3.00 e. The molecule has 0 unspecified atom stereocenters. The molecule has 0 aromatic heterocycles. The zero-order chi connectivity index (χ0) is 10.6. The van der Waals surface area contributed by atoms with Crippen LogP contribution in [0, 0.1) is 19.4 Å². The Kier molecular flexibility index (Phi) is 40.5. The molecule has 0 aromatic carbocycles. The Hall–Kier alpha value is 0.130.